The Kier molecular flexibility index (Phi) is 3.85. The molecule has 1 saturated heterocycles. The number of amides is 1. The van der Waals surface area contributed by atoms with E-state index in [-0.39, 0.29) is 29.2 Å². The first-order valence-electron chi connectivity index (χ1n) is 6.30. The summed E-state index contributed by atoms with van der Waals surface area (Å²) in [6.07, 6.45) is 0. The van der Waals surface area contributed by atoms with Gasteiger partial charge >= 0.3 is 0 Å². The summed E-state index contributed by atoms with van der Waals surface area (Å²) in [6.45, 7) is 13.6. The molecular formula is C13H25ClN2O. The lowest BCUT2D eigenvalue weighted by molar-refractivity contribution is -0.135. The Hall–Kier alpha value is -0.280. The van der Waals surface area contributed by atoms with Crippen molar-refractivity contribution >= 4 is 18.3 Å². The smallest absolute Gasteiger partial charge is 0.226 e. The fourth-order valence-electron chi connectivity index (χ4n) is 3.13. The van der Waals surface area contributed by atoms with Crippen LogP contribution in [0.2, 0.25) is 0 Å². The molecule has 1 saturated carbocycles. The van der Waals surface area contributed by atoms with Crippen LogP contribution in [0.1, 0.15) is 34.6 Å². The lowest BCUT2D eigenvalue weighted by Gasteiger charge is -2.32. The van der Waals surface area contributed by atoms with Crippen molar-refractivity contribution in [2.75, 3.05) is 19.6 Å². The minimum Gasteiger partial charge on any atom is -0.340 e. The molecule has 2 aliphatic rings. The molecule has 0 aromatic rings. The summed E-state index contributed by atoms with van der Waals surface area (Å²) in [5, 5.41) is 3.37. The summed E-state index contributed by atoms with van der Waals surface area (Å²) < 4.78 is 0. The van der Waals surface area contributed by atoms with Crippen LogP contribution < -0.4 is 5.32 Å². The minimum atomic E-state index is 0. The van der Waals surface area contributed by atoms with Crippen LogP contribution in [0.3, 0.4) is 0 Å². The van der Waals surface area contributed by atoms with E-state index >= 15 is 0 Å². The number of piperazine rings is 1. The summed E-state index contributed by atoms with van der Waals surface area (Å²) in [5.74, 6) is 0.577. The van der Waals surface area contributed by atoms with E-state index in [1.165, 1.54) is 0 Å². The quantitative estimate of drug-likeness (QED) is 0.781. The second kappa shape index (κ2) is 4.43. The van der Waals surface area contributed by atoms with E-state index in [1.807, 2.05) is 4.90 Å². The average molecular weight is 261 g/mol. The number of carbonyl (C=O) groups excluding carboxylic acids is 1. The molecule has 0 aromatic carbocycles. The molecule has 1 N–H and O–H groups in total. The number of halogens is 1. The van der Waals surface area contributed by atoms with Gasteiger partial charge < -0.3 is 10.2 Å². The zero-order valence-corrected chi connectivity index (χ0v) is 12.4. The third-order valence-corrected chi connectivity index (χ3v) is 4.95. The molecule has 2 rings (SSSR count). The lowest BCUT2D eigenvalue weighted by Crippen LogP contribution is -2.52. The molecule has 17 heavy (non-hydrogen) atoms. The molecule has 1 heterocycles. The predicted octanol–water partition coefficient (Wildman–Crippen LogP) is 1.91. The minimum absolute atomic E-state index is 0. The number of nitrogens with one attached hydrogen (secondary N) is 1. The van der Waals surface area contributed by atoms with Crippen LogP contribution in [-0.2, 0) is 4.79 Å². The van der Waals surface area contributed by atoms with Crippen molar-refractivity contribution in [3.8, 4) is 0 Å². The highest BCUT2D eigenvalue weighted by Gasteiger charge is 2.68. The SMILES string of the molecule is CC1CN(C(=O)C2C(C)(C)C2(C)C)CCN1.Cl. The van der Waals surface area contributed by atoms with Crippen LogP contribution in [-0.4, -0.2) is 36.5 Å². The third kappa shape index (κ3) is 2.19. The molecule has 2 fully saturated rings. The Morgan fingerprint density at radius 2 is 1.76 bits per heavy atom. The molecular weight excluding hydrogens is 236 g/mol. The monoisotopic (exact) mass is 260 g/mol. The zero-order valence-electron chi connectivity index (χ0n) is 11.5. The number of nitrogens with zero attached hydrogens (tertiary/aromatic N) is 1. The highest BCUT2D eigenvalue weighted by molar-refractivity contribution is 5.85. The fourth-order valence-corrected chi connectivity index (χ4v) is 3.13. The molecule has 100 valence electrons. The fraction of sp³-hybridized carbons (Fsp3) is 0.923. The second-order valence-electron chi connectivity index (χ2n) is 6.52. The van der Waals surface area contributed by atoms with E-state index in [1.54, 1.807) is 0 Å². The van der Waals surface area contributed by atoms with E-state index in [0.29, 0.717) is 11.9 Å². The van der Waals surface area contributed by atoms with Crippen molar-refractivity contribution in [2.24, 2.45) is 16.7 Å². The summed E-state index contributed by atoms with van der Waals surface area (Å²) in [7, 11) is 0. The Labute approximate surface area is 111 Å². The van der Waals surface area contributed by atoms with Gasteiger partial charge in [-0.05, 0) is 17.8 Å². The highest BCUT2D eigenvalue weighted by Crippen LogP contribution is 2.68. The first-order valence-corrected chi connectivity index (χ1v) is 6.30. The Bertz CT molecular complexity index is 301. The molecule has 1 unspecified atom stereocenters. The molecule has 4 heteroatoms. The van der Waals surface area contributed by atoms with Crippen LogP contribution in [0.4, 0.5) is 0 Å². The van der Waals surface area contributed by atoms with Crippen LogP contribution >= 0.6 is 12.4 Å². The number of rotatable bonds is 1. The van der Waals surface area contributed by atoms with Gasteiger partial charge in [0.15, 0.2) is 0 Å². The normalized spacial score (nSPS) is 30.6. The van der Waals surface area contributed by atoms with Gasteiger partial charge in [0, 0.05) is 31.6 Å². The maximum absolute atomic E-state index is 12.4. The molecule has 0 radical (unpaired) electrons. The maximum atomic E-state index is 12.4. The Balaban J connectivity index is 0.00000144. The van der Waals surface area contributed by atoms with E-state index in [9.17, 15) is 4.79 Å². The zero-order chi connectivity index (χ0) is 12.1. The van der Waals surface area contributed by atoms with Crippen molar-refractivity contribution in [1.82, 2.24) is 10.2 Å². The van der Waals surface area contributed by atoms with Gasteiger partial charge in [-0.2, -0.15) is 0 Å². The van der Waals surface area contributed by atoms with Crippen LogP contribution in [0.5, 0.6) is 0 Å². The number of hydrogen-bond acceptors (Lipinski definition) is 2. The third-order valence-electron chi connectivity index (χ3n) is 4.95. The van der Waals surface area contributed by atoms with Gasteiger partial charge in [0.1, 0.15) is 0 Å². The maximum Gasteiger partial charge on any atom is 0.226 e. The predicted molar refractivity (Wildman–Crippen MR) is 72.3 cm³/mol. The van der Waals surface area contributed by atoms with E-state index in [0.717, 1.165) is 19.6 Å². The molecule has 1 amide bonds. The van der Waals surface area contributed by atoms with Crippen molar-refractivity contribution in [1.29, 1.82) is 0 Å². The van der Waals surface area contributed by atoms with Crippen LogP contribution in [0.15, 0.2) is 0 Å². The molecule has 0 bridgehead atoms. The van der Waals surface area contributed by atoms with Crippen molar-refractivity contribution in [3.63, 3.8) is 0 Å². The van der Waals surface area contributed by atoms with Crippen LogP contribution in [0.25, 0.3) is 0 Å². The molecule has 1 aliphatic heterocycles. The summed E-state index contributed by atoms with van der Waals surface area (Å²) >= 11 is 0. The Morgan fingerprint density at radius 1 is 1.24 bits per heavy atom. The summed E-state index contributed by atoms with van der Waals surface area (Å²) in [5.41, 5.74) is 0.330. The lowest BCUT2D eigenvalue weighted by atomic mass is 10.0. The molecule has 0 spiro atoms. The molecule has 3 nitrogen and oxygen atoms in total. The van der Waals surface area contributed by atoms with E-state index < -0.39 is 0 Å². The number of carbonyl (C=O) groups is 1. The highest BCUT2D eigenvalue weighted by atomic mass is 35.5. The van der Waals surface area contributed by atoms with E-state index in [4.69, 9.17) is 0 Å². The second-order valence-corrected chi connectivity index (χ2v) is 6.52. The standard InChI is InChI=1S/C13H24N2O.ClH/c1-9-8-15(7-6-14-9)11(16)10-12(2,3)13(10,4)5;/h9-10,14H,6-8H2,1-5H3;1H. The molecule has 0 aromatic heterocycles. The van der Waals surface area contributed by atoms with Gasteiger partial charge in [-0.1, -0.05) is 27.7 Å². The van der Waals surface area contributed by atoms with Gasteiger partial charge in [-0.25, -0.2) is 0 Å². The Morgan fingerprint density at radius 3 is 2.18 bits per heavy atom. The molecule has 1 atom stereocenters. The van der Waals surface area contributed by atoms with Crippen LogP contribution in [0, 0.1) is 16.7 Å². The average Bonchev–Trinajstić information content (AvgIpc) is 2.56. The van der Waals surface area contributed by atoms with Gasteiger partial charge in [0.05, 0.1) is 0 Å². The van der Waals surface area contributed by atoms with Crippen molar-refractivity contribution in [2.45, 2.75) is 40.7 Å². The van der Waals surface area contributed by atoms with Gasteiger partial charge in [0.2, 0.25) is 5.91 Å². The topological polar surface area (TPSA) is 32.3 Å². The summed E-state index contributed by atoms with van der Waals surface area (Å²) in [4.78, 5) is 14.5. The first-order chi connectivity index (χ1) is 7.28. The van der Waals surface area contributed by atoms with E-state index in [2.05, 4.69) is 39.9 Å². The van der Waals surface area contributed by atoms with Gasteiger partial charge in [-0.15, -0.1) is 12.4 Å². The van der Waals surface area contributed by atoms with Gasteiger partial charge in [-0.3, -0.25) is 4.79 Å². The first kappa shape index (κ1) is 14.8. The van der Waals surface area contributed by atoms with Gasteiger partial charge in [0.25, 0.3) is 0 Å². The largest absolute Gasteiger partial charge is 0.340 e. The molecule has 1 aliphatic carbocycles. The number of hydrogen-bond donors (Lipinski definition) is 1. The van der Waals surface area contributed by atoms with Crippen molar-refractivity contribution in [3.05, 3.63) is 0 Å². The summed E-state index contributed by atoms with van der Waals surface area (Å²) in [6, 6.07) is 0.433. The van der Waals surface area contributed by atoms with Crippen molar-refractivity contribution < 1.29 is 4.79 Å².